The third-order valence-electron chi connectivity index (χ3n) is 4.61. The summed E-state index contributed by atoms with van der Waals surface area (Å²) in [6, 6.07) is 9.78. The average Bonchev–Trinajstić information content (AvgIpc) is 3.30. The van der Waals surface area contributed by atoms with Crippen LogP contribution in [0.3, 0.4) is 0 Å². The second-order valence-electron chi connectivity index (χ2n) is 6.47. The Morgan fingerprint density at radius 3 is 2.54 bits per heavy atom. The molecule has 2 N–H and O–H groups in total. The lowest BCUT2D eigenvalue weighted by Gasteiger charge is -2.25. The van der Waals surface area contributed by atoms with E-state index in [0.717, 1.165) is 10.4 Å². The van der Waals surface area contributed by atoms with Crippen LogP contribution < -0.4 is 5.14 Å². The lowest BCUT2D eigenvalue weighted by molar-refractivity contribution is -0.131. The molecule has 0 radical (unpaired) electrons. The van der Waals surface area contributed by atoms with Crippen molar-refractivity contribution in [2.75, 3.05) is 7.05 Å². The number of primary sulfonamides is 1. The van der Waals surface area contributed by atoms with Crippen molar-refractivity contribution in [3.63, 3.8) is 0 Å². The molecular weight excluding hydrogens is 398 g/mol. The molecular formula is C19H21N3O4S2. The fourth-order valence-electron chi connectivity index (χ4n) is 2.74. The molecule has 0 fully saturated rings. The molecule has 7 nitrogen and oxygen atoms in total. The van der Waals surface area contributed by atoms with Crippen LogP contribution in [-0.4, -0.2) is 31.3 Å². The molecule has 0 aliphatic rings. The number of nitrogens with two attached hydrogens (primary N) is 1. The van der Waals surface area contributed by atoms with Gasteiger partial charge in [-0.25, -0.2) is 18.5 Å². The highest BCUT2D eigenvalue weighted by molar-refractivity contribution is 7.89. The van der Waals surface area contributed by atoms with Crippen molar-refractivity contribution in [3.8, 4) is 10.8 Å². The van der Waals surface area contributed by atoms with Crippen molar-refractivity contribution in [2.45, 2.75) is 31.2 Å². The maximum absolute atomic E-state index is 12.7. The van der Waals surface area contributed by atoms with Gasteiger partial charge in [0.2, 0.25) is 21.8 Å². The first-order valence-corrected chi connectivity index (χ1v) is 11.0. The molecule has 0 saturated heterocycles. The number of carbonyl (C=O) groups excluding carboxylic acids is 1. The summed E-state index contributed by atoms with van der Waals surface area (Å²) in [5, 5.41) is 7.06. The molecule has 2 aromatic heterocycles. The second kappa shape index (κ2) is 7.86. The van der Waals surface area contributed by atoms with Gasteiger partial charge in [0.15, 0.2) is 0 Å². The summed E-state index contributed by atoms with van der Waals surface area (Å²) in [6.45, 7) is 3.67. The number of oxazole rings is 1. The van der Waals surface area contributed by atoms with Gasteiger partial charge in [-0.15, -0.1) is 11.3 Å². The number of benzene rings is 1. The molecule has 0 spiro atoms. The topological polar surface area (TPSA) is 106 Å². The van der Waals surface area contributed by atoms with Crippen molar-refractivity contribution in [3.05, 3.63) is 58.8 Å². The highest BCUT2D eigenvalue weighted by Gasteiger charge is 2.21. The molecule has 1 aromatic carbocycles. The van der Waals surface area contributed by atoms with Gasteiger partial charge in [-0.2, -0.15) is 0 Å². The van der Waals surface area contributed by atoms with Crippen molar-refractivity contribution in [1.82, 2.24) is 9.88 Å². The van der Waals surface area contributed by atoms with E-state index in [1.54, 1.807) is 31.0 Å². The Bertz CT molecular complexity index is 1070. The van der Waals surface area contributed by atoms with Crippen LogP contribution in [0.15, 0.2) is 51.1 Å². The molecule has 0 aliphatic carbocycles. The zero-order chi connectivity index (χ0) is 20.5. The monoisotopic (exact) mass is 419 g/mol. The number of aromatic nitrogens is 1. The van der Waals surface area contributed by atoms with E-state index in [9.17, 15) is 13.2 Å². The Hall–Kier alpha value is -2.49. The maximum atomic E-state index is 12.7. The summed E-state index contributed by atoms with van der Waals surface area (Å²) in [6.07, 6.45) is 0.122. The van der Waals surface area contributed by atoms with Gasteiger partial charge in [-0.05, 0) is 43.0 Å². The van der Waals surface area contributed by atoms with Gasteiger partial charge in [-0.3, -0.25) is 4.79 Å². The number of rotatable bonds is 6. The van der Waals surface area contributed by atoms with E-state index >= 15 is 0 Å². The lowest BCUT2D eigenvalue weighted by atomic mass is 10.1. The number of carbonyl (C=O) groups is 1. The van der Waals surface area contributed by atoms with Gasteiger partial charge in [0, 0.05) is 7.05 Å². The predicted molar refractivity (Wildman–Crippen MR) is 107 cm³/mol. The van der Waals surface area contributed by atoms with Gasteiger partial charge < -0.3 is 9.32 Å². The van der Waals surface area contributed by atoms with Crippen LogP contribution in [0.5, 0.6) is 0 Å². The lowest BCUT2D eigenvalue weighted by Crippen LogP contribution is -2.31. The Kier molecular flexibility index (Phi) is 5.69. The minimum absolute atomic E-state index is 0.0387. The summed E-state index contributed by atoms with van der Waals surface area (Å²) in [7, 11) is -2.04. The Morgan fingerprint density at radius 1 is 1.29 bits per heavy atom. The molecule has 9 heteroatoms. The Labute approximate surface area is 167 Å². The first-order chi connectivity index (χ1) is 13.2. The van der Waals surface area contributed by atoms with E-state index in [4.69, 9.17) is 9.56 Å². The largest absolute Gasteiger partial charge is 0.440 e. The van der Waals surface area contributed by atoms with E-state index in [0.29, 0.717) is 17.3 Å². The molecule has 1 amide bonds. The van der Waals surface area contributed by atoms with Crippen molar-refractivity contribution < 1.29 is 17.6 Å². The number of nitrogens with zero attached hydrogens (tertiary/aromatic N) is 2. The summed E-state index contributed by atoms with van der Waals surface area (Å²) in [4.78, 5) is 19.7. The highest BCUT2D eigenvalue weighted by Crippen LogP contribution is 2.27. The van der Waals surface area contributed by atoms with Gasteiger partial charge in [-0.1, -0.05) is 18.2 Å². The number of amides is 1. The van der Waals surface area contributed by atoms with Gasteiger partial charge in [0.1, 0.15) is 5.76 Å². The quantitative estimate of drug-likeness (QED) is 0.661. The molecule has 148 valence electrons. The summed E-state index contributed by atoms with van der Waals surface area (Å²) < 4.78 is 28.4. The van der Waals surface area contributed by atoms with Crippen molar-refractivity contribution in [2.24, 2.45) is 5.14 Å². The molecule has 0 bridgehead atoms. The maximum Gasteiger partial charge on any atom is 0.238 e. The predicted octanol–water partition coefficient (Wildman–Crippen LogP) is 3.12. The average molecular weight is 420 g/mol. The summed E-state index contributed by atoms with van der Waals surface area (Å²) >= 11 is 1.52. The van der Waals surface area contributed by atoms with E-state index in [1.807, 2.05) is 24.4 Å². The van der Waals surface area contributed by atoms with E-state index < -0.39 is 10.0 Å². The molecule has 0 saturated carbocycles. The van der Waals surface area contributed by atoms with Crippen LogP contribution in [0, 0.1) is 6.92 Å². The van der Waals surface area contributed by atoms with E-state index in [1.165, 1.54) is 23.5 Å². The van der Waals surface area contributed by atoms with Crippen LogP contribution in [0.4, 0.5) is 0 Å². The number of hydrogen-bond donors (Lipinski definition) is 1. The fraction of sp³-hybridized carbons (Fsp3) is 0.263. The molecule has 0 aliphatic heterocycles. The molecule has 3 aromatic rings. The standard InChI is InChI=1S/C19H21N3O4S2/c1-12(14-6-8-15(9-7-14)28(20,24)25)22(3)18(23)11-16-13(2)26-19(21-16)17-5-4-10-27-17/h4-10,12H,11H2,1-3H3,(H2,20,24,25). The van der Waals surface area contributed by atoms with Gasteiger partial charge >= 0.3 is 0 Å². The number of aryl methyl sites for hydroxylation is 1. The van der Waals surface area contributed by atoms with Crippen molar-refractivity contribution in [1.29, 1.82) is 0 Å². The number of thiophene rings is 1. The minimum Gasteiger partial charge on any atom is -0.440 e. The normalized spacial score (nSPS) is 12.7. The van der Waals surface area contributed by atoms with Gasteiger partial charge in [0.05, 0.1) is 27.9 Å². The van der Waals surface area contributed by atoms with Gasteiger partial charge in [0.25, 0.3) is 0 Å². The Balaban J connectivity index is 1.72. The number of hydrogen-bond acceptors (Lipinski definition) is 6. The Morgan fingerprint density at radius 2 is 1.96 bits per heavy atom. The first-order valence-electron chi connectivity index (χ1n) is 8.55. The van der Waals surface area contributed by atoms with Crippen molar-refractivity contribution >= 4 is 27.3 Å². The first kappa shape index (κ1) is 20.2. The van der Waals surface area contributed by atoms with Crippen LogP contribution in [0.25, 0.3) is 10.8 Å². The van der Waals surface area contributed by atoms with Crippen LogP contribution >= 0.6 is 11.3 Å². The number of sulfonamides is 1. The summed E-state index contributed by atoms with van der Waals surface area (Å²) in [5.74, 6) is 1.03. The fourth-order valence-corrected chi connectivity index (χ4v) is 3.91. The SMILES string of the molecule is Cc1oc(-c2cccs2)nc1CC(=O)N(C)C(C)c1ccc(S(N)(=O)=O)cc1. The van der Waals surface area contributed by atoms with Crippen LogP contribution in [-0.2, 0) is 21.2 Å². The molecule has 1 unspecified atom stereocenters. The molecule has 28 heavy (non-hydrogen) atoms. The van der Waals surface area contributed by atoms with Crippen LogP contribution in [0.1, 0.15) is 30.0 Å². The smallest absolute Gasteiger partial charge is 0.238 e. The molecule has 1 atom stereocenters. The van der Waals surface area contributed by atoms with Crippen LogP contribution in [0.2, 0.25) is 0 Å². The second-order valence-corrected chi connectivity index (χ2v) is 8.98. The molecule has 3 rings (SSSR count). The summed E-state index contributed by atoms with van der Waals surface area (Å²) in [5.41, 5.74) is 1.41. The third kappa shape index (κ3) is 4.32. The third-order valence-corrected chi connectivity index (χ3v) is 6.40. The molecule has 2 heterocycles. The highest BCUT2D eigenvalue weighted by atomic mass is 32.2. The number of likely N-dealkylation sites (N-methyl/N-ethyl adjacent to an activating group) is 1. The minimum atomic E-state index is -3.74. The van der Waals surface area contributed by atoms with E-state index in [-0.39, 0.29) is 23.3 Å². The van der Waals surface area contributed by atoms with E-state index in [2.05, 4.69) is 4.98 Å². The zero-order valence-electron chi connectivity index (χ0n) is 15.7. The zero-order valence-corrected chi connectivity index (χ0v) is 17.4.